The van der Waals surface area contributed by atoms with Crippen molar-refractivity contribution in [1.82, 2.24) is 9.80 Å². The van der Waals surface area contributed by atoms with Gasteiger partial charge in [0, 0.05) is 43.6 Å². The van der Waals surface area contributed by atoms with Crippen LogP contribution in [-0.2, 0) is 21.8 Å². The number of benzene rings is 2. The van der Waals surface area contributed by atoms with Crippen LogP contribution in [0.4, 0.5) is 44.7 Å². The normalized spacial score (nSPS) is 16.0. The molecular weight excluding hydrogens is 788 g/mol. The summed E-state index contributed by atoms with van der Waals surface area (Å²) in [5, 5.41) is 18.9. The Bertz CT molecular complexity index is 1660. The fourth-order valence-electron chi connectivity index (χ4n) is 5.68. The standard InChI is InChI=1S/C18H22F4N2O3.C18H21F4NO3.ClH.H3NO/c1-17(2,3)27-16(25)24-8-6-11(7-9-24)15(23-26)13-10-12(18(20,21)22)4-5-14(13)19;1-17(2,3)26-16(25)23-8-6-11(7-9-23)15(24)13-10-12(18(20,21)22)4-5-14(13)19;;1-2/h4-5,10-11,26H,6-9H2,1-3H3;4-5,10-11H,6-9H2,1-3H3;1H;2H,1H2/b23-15+;;;. The number of carbonyl (C=O) groups is 3. The van der Waals surface area contributed by atoms with Gasteiger partial charge in [-0.15, -0.1) is 12.4 Å². The van der Waals surface area contributed by atoms with Crippen molar-refractivity contribution in [3.63, 3.8) is 0 Å². The van der Waals surface area contributed by atoms with Gasteiger partial charge in [0.2, 0.25) is 0 Å². The van der Waals surface area contributed by atoms with E-state index in [9.17, 15) is 54.7 Å². The lowest BCUT2D eigenvalue weighted by Gasteiger charge is -2.33. The number of Topliss-reactive ketones (excluding diaryl/α,β-unsaturated/α-hetero) is 1. The molecule has 0 spiro atoms. The fraction of sp³-hybridized carbons (Fsp3) is 0.556. The second-order valence-corrected chi connectivity index (χ2v) is 14.7. The molecule has 316 valence electrons. The lowest BCUT2D eigenvalue weighted by atomic mass is 9.87. The summed E-state index contributed by atoms with van der Waals surface area (Å²) in [7, 11) is 0. The molecule has 2 saturated heterocycles. The Morgan fingerprint density at radius 2 is 1.00 bits per heavy atom. The molecule has 2 aromatic rings. The Balaban J connectivity index is 0.000000528. The summed E-state index contributed by atoms with van der Waals surface area (Å²) in [4.78, 5) is 39.5. The van der Waals surface area contributed by atoms with Crippen molar-refractivity contribution in [3.8, 4) is 0 Å². The molecule has 2 aromatic carbocycles. The molecule has 0 unspecified atom stereocenters. The number of carbonyl (C=O) groups excluding carboxylic acids is 3. The second-order valence-electron chi connectivity index (χ2n) is 14.7. The number of nitrogens with two attached hydrogens (primary N) is 1. The summed E-state index contributed by atoms with van der Waals surface area (Å²) in [5.74, 6) is -0.154. The van der Waals surface area contributed by atoms with Gasteiger partial charge in [-0.05, 0) is 104 Å². The molecule has 2 amide bonds. The lowest BCUT2D eigenvalue weighted by molar-refractivity contribution is -0.138. The Morgan fingerprint density at radius 1 is 0.661 bits per heavy atom. The quantitative estimate of drug-likeness (QED) is 0.0906. The molecule has 2 fully saturated rings. The van der Waals surface area contributed by atoms with Crippen LogP contribution < -0.4 is 5.90 Å². The average Bonchev–Trinajstić information content (AvgIpc) is 3.08. The fourth-order valence-corrected chi connectivity index (χ4v) is 5.68. The minimum absolute atomic E-state index is 0. The molecule has 56 heavy (non-hydrogen) atoms. The van der Waals surface area contributed by atoms with Crippen LogP contribution in [0.25, 0.3) is 0 Å². The van der Waals surface area contributed by atoms with Gasteiger partial charge in [0.05, 0.1) is 22.4 Å². The van der Waals surface area contributed by atoms with Crippen LogP contribution in [0.1, 0.15) is 94.3 Å². The van der Waals surface area contributed by atoms with E-state index >= 15 is 0 Å². The highest BCUT2D eigenvalue weighted by Gasteiger charge is 2.36. The number of likely N-dealkylation sites (tertiary alicyclic amines) is 2. The number of oxime groups is 1. The molecule has 4 N–H and O–H groups in total. The van der Waals surface area contributed by atoms with Gasteiger partial charge >= 0.3 is 24.5 Å². The maximum Gasteiger partial charge on any atom is 0.416 e. The molecule has 20 heteroatoms. The SMILES string of the molecule is CC(C)(C)OC(=O)N1CCC(/C(=N\O)c2cc(C(F)(F)F)ccc2F)CC1.CC(C)(C)OC(=O)N1CCC(C(=O)c2cc(C(F)(F)F)ccc2F)CC1.Cl.NO. The van der Waals surface area contributed by atoms with Gasteiger partial charge in [-0.25, -0.2) is 24.3 Å². The number of ether oxygens (including phenoxy) is 2. The minimum atomic E-state index is -4.65. The zero-order valence-corrected chi connectivity index (χ0v) is 32.4. The molecule has 2 heterocycles. The van der Waals surface area contributed by atoms with Gasteiger partial charge in [0.1, 0.15) is 22.8 Å². The number of nitrogens with zero attached hydrogens (tertiary/aromatic N) is 3. The molecule has 0 atom stereocenters. The second kappa shape index (κ2) is 20.3. The van der Waals surface area contributed by atoms with E-state index in [1.807, 2.05) is 0 Å². The molecule has 2 aliphatic rings. The number of ketones is 1. The van der Waals surface area contributed by atoms with Gasteiger partial charge in [0.15, 0.2) is 5.78 Å². The van der Waals surface area contributed by atoms with E-state index in [2.05, 4.69) is 11.1 Å². The Labute approximate surface area is 325 Å². The first kappa shape index (κ1) is 49.8. The molecule has 0 saturated carbocycles. The van der Waals surface area contributed by atoms with Gasteiger partial charge in [0.25, 0.3) is 0 Å². The molecular formula is C36H47ClF8N4O7. The molecule has 4 rings (SSSR count). The summed E-state index contributed by atoms with van der Waals surface area (Å²) in [6.45, 7) is 11.4. The number of alkyl halides is 6. The maximum atomic E-state index is 14.1. The first-order valence-corrected chi connectivity index (χ1v) is 17.0. The molecule has 0 bridgehead atoms. The third-order valence-corrected chi connectivity index (χ3v) is 8.29. The Hall–Kier alpha value is -4.23. The third-order valence-electron chi connectivity index (χ3n) is 8.29. The molecule has 2 aliphatic heterocycles. The largest absolute Gasteiger partial charge is 0.444 e. The zero-order valence-electron chi connectivity index (χ0n) is 31.6. The number of hydrogen-bond acceptors (Lipinski definition) is 9. The topological polar surface area (TPSA) is 155 Å². The predicted molar refractivity (Wildman–Crippen MR) is 190 cm³/mol. The number of halogens is 9. The van der Waals surface area contributed by atoms with Crippen LogP contribution in [0.3, 0.4) is 0 Å². The van der Waals surface area contributed by atoms with E-state index in [-0.39, 0.29) is 62.7 Å². The highest BCUT2D eigenvalue weighted by molar-refractivity contribution is 6.02. The first-order chi connectivity index (χ1) is 25.3. The van der Waals surface area contributed by atoms with Crippen molar-refractivity contribution >= 4 is 36.1 Å². The van der Waals surface area contributed by atoms with Crippen molar-refractivity contribution in [3.05, 3.63) is 70.3 Å². The number of hydrogen-bond donors (Lipinski definition) is 3. The summed E-state index contributed by atoms with van der Waals surface area (Å²) in [6.07, 6.45) is -9.17. The zero-order chi connectivity index (χ0) is 42.1. The van der Waals surface area contributed by atoms with Crippen molar-refractivity contribution in [1.29, 1.82) is 0 Å². The maximum absolute atomic E-state index is 14.1. The van der Waals surface area contributed by atoms with Crippen LogP contribution in [0.5, 0.6) is 0 Å². The molecule has 0 aromatic heterocycles. The van der Waals surface area contributed by atoms with Gasteiger partial charge in [-0.2, -0.15) is 26.3 Å². The monoisotopic (exact) mass is 834 g/mol. The van der Waals surface area contributed by atoms with Gasteiger partial charge in [-0.1, -0.05) is 5.16 Å². The summed E-state index contributed by atoms with van der Waals surface area (Å²) < 4.78 is 116. The van der Waals surface area contributed by atoms with Gasteiger partial charge < -0.3 is 29.7 Å². The Kier molecular flexibility index (Phi) is 18.0. The smallest absolute Gasteiger partial charge is 0.416 e. The summed E-state index contributed by atoms with van der Waals surface area (Å²) in [6, 6.07) is 3.81. The van der Waals surface area contributed by atoms with E-state index in [1.165, 1.54) is 9.80 Å². The summed E-state index contributed by atoms with van der Waals surface area (Å²) >= 11 is 0. The minimum Gasteiger partial charge on any atom is -0.444 e. The third kappa shape index (κ3) is 14.7. The average molecular weight is 835 g/mol. The van der Waals surface area contributed by atoms with Crippen molar-refractivity contribution in [2.24, 2.45) is 22.9 Å². The Morgan fingerprint density at radius 3 is 1.34 bits per heavy atom. The van der Waals surface area contributed by atoms with Crippen LogP contribution in [0.2, 0.25) is 0 Å². The highest BCUT2D eigenvalue weighted by Crippen LogP contribution is 2.34. The molecule has 0 radical (unpaired) electrons. The predicted octanol–water partition coefficient (Wildman–Crippen LogP) is 9.10. The number of piperidine rings is 2. The van der Waals surface area contributed by atoms with Crippen molar-refractivity contribution in [2.45, 2.75) is 90.8 Å². The van der Waals surface area contributed by atoms with Crippen LogP contribution >= 0.6 is 12.4 Å². The van der Waals surface area contributed by atoms with E-state index in [0.29, 0.717) is 49.2 Å². The van der Waals surface area contributed by atoms with Crippen LogP contribution in [-0.4, -0.2) is 81.3 Å². The molecule has 0 aliphatic carbocycles. The van der Waals surface area contributed by atoms with Crippen LogP contribution in [0, 0.1) is 23.5 Å². The van der Waals surface area contributed by atoms with Gasteiger partial charge in [-0.3, -0.25) is 4.79 Å². The lowest BCUT2D eigenvalue weighted by Crippen LogP contribution is -2.43. The van der Waals surface area contributed by atoms with E-state index < -0.39 is 81.7 Å². The number of rotatable bonds is 4. The van der Waals surface area contributed by atoms with E-state index in [4.69, 9.17) is 14.7 Å². The first-order valence-electron chi connectivity index (χ1n) is 17.0. The van der Waals surface area contributed by atoms with E-state index in [0.717, 1.165) is 0 Å². The highest BCUT2D eigenvalue weighted by atomic mass is 35.5. The summed E-state index contributed by atoms with van der Waals surface area (Å²) in [5.41, 5.74) is -4.47. The van der Waals surface area contributed by atoms with Crippen molar-refractivity contribution < 1.29 is 69.4 Å². The van der Waals surface area contributed by atoms with Crippen LogP contribution in [0.15, 0.2) is 41.6 Å². The number of amides is 2. The van der Waals surface area contributed by atoms with E-state index in [1.54, 1.807) is 41.5 Å². The molecule has 11 nitrogen and oxygen atoms in total. The van der Waals surface area contributed by atoms with Crippen molar-refractivity contribution in [2.75, 3.05) is 26.2 Å².